The Morgan fingerprint density at radius 3 is 2.50 bits per heavy atom. The number of rotatable bonds is 2. The van der Waals surface area contributed by atoms with Crippen molar-refractivity contribution in [1.82, 2.24) is 0 Å². The van der Waals surface area contributed by atoms with Crippen LogP contribution >= 0.6 is 11.8 Å². The molecule has 1 rings (SSSR count). The first-order valence-corrected chi connectivity index (χ1v) is 5.02. The van der Waals surface area contributed by atoms with Crippen LogP contribution in [-0.2, 0) is 0 Å². The van der Waals surface area contributed by atoms with Crippen LogP contribution in [0.15, 0.2) is 23.1 Å². The minimum atomic E-state index is -0.0926. The molecule has 0 bridgehead atoms. The predicted molar refractivity (Wildman–Crippen MR) is 51.9 cm³/mol. The molecule has 0 nitrogen and oxygen atoms in total. The molecule has 1 aromatic carbocycles. The van der Waals surface area contributed by atoms with Crippen LogP contribution in [0.5, 0.6) is 0 Å². The number of hydrogen-bond donors (Lipinski definition) is 0. The number of hydrogen-bond acceptors (Lipinski definition) is 1. The molecule has 0 unspecified atom stereocenters. The maximum atomic E-state index is 13.5. The summed E-state index contributed by atoms with van der Waals surface area (Å²) in [5.74, 6) is 0.924. The Hall–Kier alpha value is -0.500. The van der Waals surface area contributed by atoms with Gasteiger partial charge in [0.2, 0.25) is 0 Å². The number of benzene rings is 1. The van der Waals surface area contributed by atoms with E-state index >= 15 is 0 Å². The molecule has 0 aromatic heterocycles. The van der Waals surface area contributed by atoms with Gasteiger partial charge in [0.1, 0.15) is 5.82 Å². The van der Waals surface area contributed by atoms with Crippen LogP contribution in [-0.4, -0.2) is 6.26 Å². The summed E-state index contributed by atoms with van der Waals surface area (Å²) in [6.45, 7) is 3.84. The third kappa shape index (κ3) is 1.81. The molecule has 0 aliphatic rings. The average molecular weight is 183 g/mol. The molecule has 0 amide bonds. The molecule has 0 spiro atoms. The Morgan fingerprint density at radius 2 is 2.00 bits per heavy atom. The maximum absolute atomic E-state index is 13.5. The summed E-state index contributed by atoms with van der Waals surface area (Å²) >= 11 is 1.44. The first-order chi connectivity index (χ1) is 5.66. The first kappa shape index (κ1) is 9.59. The van der Waals surface area contributed by atoms with Gasteiger partial charge in [-0.05, 0) is 17.9 Å². The fourth-order valence-corrected chi connectivity index (χ4v) is 1.56. The lowest BCUT2D eigenvalue weighted by atomic mass is 10.0. The van der Waals surface area contributed by atoms with Crippen molar-refractivity contribution in [2.75, 3.05) is 6.26 Å². The largest absolute Gasteiger partial charge is 0.205 e. The maximum Gasteiger partial charge on any atom is 0.140 e. The van der Waals surface area contributed by atoms with Crippen molar-refractivity contribution in [2.45, 2.75) is 18.7 Å². The number of halogens is 1. The highest BCUT2D eigenvalue weighted by Gasteiger charge is 2.09. The van der Waals surface area contributed by atoms with Gasteiger partial charge >= 0.3 is 0 Å². The van der Waals surface area contributed by atoms with Gasteiger partial charge in [-0.15, -0.1) is 11.8 Å². The van der Waals surface area contributed by atoms with E-state index in [2.05, 4.69) is 0 Å². The van der Waals surface area contributed by atoms with Crippen LogP contribution < -0.4 is 0 Å². The van der Waals surface area contributed by atoms with Gasteiger partial charge in [-0.1, -0.05) is 26.0 Å². The fourth-order valence-electron chi connectivity index (χ4n) is 1.05. The lowest BCUT2D eigenvalue weighted by molar-refractivity contribution is 0.590. The van der Waals surface area contributed by atoms with Crippen LogP contribution in [0.3, 0.4) is 0 Å². The van der Waals surface area contributed by atoms with Gasteiger partial charge in [0, 0.05) is 10.8 Å². The highest BCUT2D eigenvalue weighted by molar-refractivity contribution is 7.98. The lowest BCUT2D eigenvalue weighted by Gasteiger charge is -2.08. The summed E-state index contributed by atoms with van der Waals surface area (Å²) in [5, 5.41) is 0. The van der Waals surface area contributed by atoms with Gasteiger partial charge in [0.15, 0.2) is 0 Å². The Bertz CT molecular complexity index is 269. The highest BCUT2D eigenvalue weighted by Crippen LogP contribution is 2.25. The summed E-state index contributed by atoms with van der Waals surface area (Å²) < 4.78 is 13.5. The smallest absolute Gasteiger partial charge is 0.140 e. The van der Waals surface area contributed by atoms with Gasteiger partial charge < -0.3 is 0 Å². The van der Waals surface area contributed by atoms with Crippen molar-refractivity contribution >= 4 is 11.8 Å². The standard InChI is InChI=1S/C10H12FS/c1-7(2)8-5-4-6-9(12-3)10(8)11/h4-6H,1-3H3. The molecule has 0 N–H and O–H groups in total. The SMILES string of the molecule is CSc1cccc([C](C)C)c1F. The monoisotopic (exact) mass is 183 g/mol. The predicted octanol–water partition coefficient (Wildman–Crippen LogP) is 3.51. The molecule has 0 saturated carbocycles. The van der Waals surface area contributed by atoms with Crippen molar-refractivity contribution in [2.24, 2.45) is 0 Å². The van der Waals surface area contributed by atoms with E-state index in [9.17, 15) is 4.39 Å². The van der Waals surface area contributed by atoms with Crippen LogP contribution in [0.25, 0.3) is 0 Å². The topological polar surface area (TPSA) is 0 Å². The van der Waals surface area contributed by atoms with E-state index in [1.165, 1.54) is 11.8 Å². The Morgan fingerprint density at radius 1 is 1.33 bits per heavy atom. The Labute approximate surface area is 77.2 Å². The van der Waals surface area contributed by atoms with E-state index in [0.717, 1.165) is 11.5 Å². The van der Waals surface area contributed by atoms with E-state index < -0.39 is 0 Å². The second-order valence-electron chi connectivity index (χ2n) is 2.82. The van der Waals surface area contributed by atoms with Crippen molar-refractivity contribution in [3.05, 3.63) is 35.5 Å². The van der Waals surface area contributed by atoms with Crippen LogP contribution in [0.2, 0.25) is 0 Å². The van der Waals surface area contributed by atoms with E-state index in [4.69, 9.17) is 0 Å². The zero-order chi connectivity index (χ0) is 9.14. The molecular weight excluding hydrogens is 171 g/mol. The lowest BCUT2D eigenvalue weighted by Crippen LogP contribution is -1.94. The van der Waals surface area contributed by atoms with E-state index in [0.29, 0.717) is 4.90 Å². The minimum Gasteiger partial charge on any atom is -0.205 e. The zero-order valence-corrected chi connectivity index (χ0v) is 8.33. The molecule has 0 aliphatic heterocycles. The molecule has 1 aromatic rings. The molecule has 65 valence electrons. The van der Waals surface area contributed by atoms with E-state index in [1.807, 2.05) is 32.2 Å². The van der Waals surface area contributed by atoms with Crippen molar-refractivity contribution in [3.8, 4) is 0 Å². The molecule has 0 aliphatic carbocycles. The van der Waals surface area contributed by atoms with Gasteiger partial charge in [0.25, 0.3) is 0 Å². The zero-order valence-electron chi connectivity index (χ0n) is 7.52. The van der Waals surface area contributed by atoms with Crippen LogP contribution in [0, 0.1) is 11.7 Å². The van der Waals surface area contributed by atoms with E-state index in [1.54, 1.807) is 6.07 Å². The molecular formula is C10H12FS. The van der Waals surface area contributed by atoms with Gasteiger partial charge in [-0.2, -0.15) is 0 Å². The van der Waals surface area contributed by atoms with Gasteiger partial charge in [0.05, 0.1) is 0 Å². The summed E-state index contributed by atoms with van der Waals surface area (Å²) in [6.07, 6.45) is 1.88. The minimum absolute atomic E-state index is 0.0926. The molecule has 0 saturated heterocycles. The Kier molecular flexibility index (Phi) is 3.15. The molecule has 0 atom stereocenters. The second kappa shape index (κ2) is 3.94. The summed E-state index contributed by atoms with van der Waals surface area (Å²) in [4.78, 5) is 0.716. The summed E-state index contributed by atoms with van der Waals surface area (Å²) in [7, 11) is 0. The van der Waals surface area contributed by atoms with E-state index in [-0.39, 0.29) is 5.82 Å². The molecule has 1 radical (unpaired) electrons. The third-order valence-corrected chi connectivity index (χ3v) is 2.48. The second-order valence-corrected chi connectivity index (χ2v) is 3.67. The van der Waals surface area contributed by atoms with Gasteiger partial charge in [-0.3, -0.25) is 0 Å². The molecule has 0 fully saturated rings. The molecule has 12 heavy (non-hydrogen) atoms. The van der Waals surface area contributed by atoms with Crippen LogP contribution in [0.1, 0.15) is 19.4 Å². The van der Waals surface area contributed by atoms with Crippen LogP contribution in [0.4, 0.5) is 4.39 Å². The summed E-state index contributed by atoms with van der Waals surface area (Å²) in [5.41, 5.74) is 0.724. The first-order valence-electron chi connectivity index (χ1n) is 3.80. The Balaban J connectivity index is 3.14. The fraction of sp³-hybridized carbons (Fsp3) is 0.300. The quantitative estimate of drug-likeness (QED) is 0.632. The van der Waals surface area contributed by atoms with Crippen molar-refractivity contribution < 1.29 is 4.39 Å². The molecule has 2 heteroatoms. The average Bonchev–Trinajstić information content (AvgIpc) is 2.04. The van der Waals surface area contributed by atoms with Crippen molar-refractivity contribution in [1.29, 1.82) is 0 Å². The summed E-state index contributed by atoms with van der Waals surface area (Å²) in [6, 6.07) is 5.49. The third-order valence-electron chi connectivity index (χ3n) is 1.72. The van der Waals surface area contributed by atoms with Gasteiger partial charge in [-0.25, -0.2) is 4.39 Å². The molecule has 0 heterocycles. The van der Waals surface area contributed by atoms with Crippen molar-refractivity contribution in [3.63, 3.8) is 0 Å². The highest BCUT2D eigenvalue weighted by atomic mass is 32.2. The number of thioether (sulfide) groups is 1. The normalized spacial score (nSPS) is 10.8.